The van der Waals surface area contributed by atoms with Crippen molar-refractivity contribution in [2.75, 3.05) is 6.61 Å². The van der Waals surface area contributed by atoms with Crippen molar-refractivity contribution in [2.45, 2.75) is 119 Å². The normalized spacial score (nSPS) is 40.6. The monoisotopic (exact) mass is 444 g/mol. The predicted octanol–water partition coefficient (Wildman–Crippen LogP) is 7.99. The van der Waals surface area contributed by atoms with Gasteiger partial charge in [0.15, 0.2) is 0 Å². The third-order valence-electron chi connectivity index (χ3n) is 10.6. The van der Waals surface area contributed by atoms with Gasteiger partial charge in [-0.3, -0.25) is 4.79 Å². The number of aliphatic hydroxyl groups excluding tert-OH is 1. The smallest absolute Gasteiger partial charge is 0.133 e. The Hall–Kier alpha value is -0.630. The van der Waals surface area contributed by atoms with E-state index in [2.05, 4.69) is 33.8 Å². The Morgan fingerprint density at radius 1 is 1.03 bits per heavy atom. The molecule has 0 aromatic carbocycles. The molecular weight excluding hydrogens is 392 g/mol. The maximum absolute atomic E-state index is 12.1. The third-order valence-corrected chi connectivity index (χ3v) is 10.6. The molecule has 32 heavy (non-hydrogen) atoms. The molecule has 0 aliphatic heterocycles. The number of fused-ring (bicyclic) bond motifs is 5. The summed E-state index contributed by atoms with van der Waals surface area (Å²) in [6.45, 7) is 14.2. The van der Waals surface area contributed by atoms with Crippen molar-refractivity contribution in [1.29, 1.82) is 0 Å². The highest BCUT2D eigenvalue weighted by Crippen LogP contribution is 2.65. The van der Waals surface area contributed by atoms with Crippen molar-refractivity contribution >= 4 is 5.78 Å². The van der Waals surface area contributed by atoms with Crippen molar-refractivity contribution in [3.05, 3.63) is 11.6 Å². The number of rotatable bonds is 6. The van der Waals surface area contributed by atoms with E-state index in [-0.39, 0.29) is 0 Å². The molecule has 2 heteroatoms. The van der Waals surface area contributed by atoms with Crippen LogP contribution in [0.1, 0.15) is 119 Å². The Morgan fingerprint density at radius 3 is 2.47 bits per heavy atom. The number of Topliss-reactive ketones (excluding diaryl/α,β-unsaturated/α-hetero) is 1. The van der Waals surface area contributed by atoms with Gasteiger partial charge in [-0.1, -0.05) is 72.5 Å². The molecule has 8 unspecified atom stereocenters. The zero-order valence-electron chi connectivity index (χ0n) is 22.1. The molecule has 4 rings (SSSR count). The minimum absolute atomic E-state index is 0.332. The average Bonchev–Trinajstić information content (AvgIpc) is 2.79. The molecule has 0 aromatic heterocycles. The van der Waals surface area contributed by atoms with Gasteiger partial charge in [-0.25, -0.2) is 0 Å². The lowest BCUT2D eigenvalue weighted by Gasteiger charge is -2.61. The summed E-state index contributed by atoms with van der Waals surface area (Å²) in [6, 6.07) is 0. The number of ketones is 1. The van der Waals surface area contributed by atoms with E-state index in [1.165, 1.54) is 51.4 Å². The second-order valence-corrected chi connectivity index (χ2v) is 12.3. The molecule has 1 N–H and O–H groups in total. The second-order valence-electron chi connectivity index (χ2n) is 12.3. The number of carbonyl (C=O) groups is 1. The number of hydrogen-bond acceptors (Lipinski definition) is 2. The third kappa shape index (κ3) is 4.77. The van der Waals surface area contributed by atoms with E-state index in [1.807, 2.05) is 19.4 Å². The fraction of sp³-hybridized carbons (Fsp3) is 0.900. The summed E-state index contributed by atoms with van der Waals surface area (Å²) in [5.74, 6) is 4.72. The van der Waals surface area contributed by atoms with Gasteiger partial charge in [0.2, 0.25) is 0 Å². The summed E-state index contributed by atoms with van der Waals surface area (Å²) in [5.41, 5.74) is 2.66. The van der Waals surface area contributed by atoms with E-state index < -0.39 is 0 Å². The highest BCUT2D eigenvalue weighted by Gasteiger charge is 2.56. The number of carbonyl (C=O) groups excluding carboxylic acids is 1. The van der Waals surface area contributed by atoms with Crippen LogP contribution in [0, 0.1) is 46.3 Å². The Bertz CT molecular complexity index is 666. The number of allylic oxidation sites excluding steroid dienone is 2. The van der Waals surface area contributed by atoms with E-state index in [0.29, 0.717) is 35.1 Å². The van der Waals surface area contributed by atoms with Crippen molar-refractivity contribution in [3.63, 3.8) is 0 Å². The molecule has 0 saturated heterocycles. The van der Waals surface area contributed by atoms with Gasteiger partial charge in [-0.15, -0.1) is 0 Å². The first-order valence-electron chi connectivity index (χ1n) is 14.1. The van der Waals surface area contributed by atoms with Crippen LogP contribution in [-0.2, 0) is 4.79 Å². The van der Waals surface area contributed by atoms with Crippen LogP contribution in [0.25, 0.3) is 0 Å². The van der Waals surface area contributed by atoms with Crippen LogP contribution < -0.4 is 0 Å². The number of hydrogen-bond donors (Lipinski definition) is 1. The molecule has 0 aromatic rings. The molecule has 184 valence electrons. The zero-order chi connectivity index (χ0) is 23.5. The quantitative estimate of drug-likeness (QED) is 0.421. The predicted molar refractivity (Wildman–Crippen MR) is 135 cm³/mol. The van der Waals surface area contributed by atoms with Gasteiger partial charge < -0.3 is 5.11 Å². The first kappa shape index (κ1) is 26.0. The van der Waals surface area contributed by atoms with Crippen molar-refractivity contribution in [1.82, 2.24) is 0 Å². The SMILES string of the molecule is CC.CC(CO)CCCC(C)C1CCCC2C3=CCC4CC(=O)CCC4(C)C3CCC21C. The zero-order valence-corrected chi connectivity index (χ0v) is 22.1. The lowest BCUT2D eigenvalue weighted by Crippen LogP contribution is -2.52. The van der Waals surface area contributed by atoms with Gasteiger partial charge in [0.05, 0.1) is 0 Å². The largest absolute Gasteiger partial charge is 0.396 e. The van der Waals surface area contributed by atoms with E-state index in [4.69, 9.17) is 0 Å². The Morgan fingerprint density at radius 2 is 1.75 bits per heavy atom. The van der Waals surface area contributed by atoms with Gasteiger partial charge in [0.25, 0.3) is 0 Å². The molecule has 0 radical (unpaired) electrons. The lowest BCUT2D eigenvalue weighted by atomic mass is 9.44. The summed E-state index contributed by atoms with van der Waals surface area (Å²) in [5, 5.41) is 9.35. The summed E-state index contributed by atoms with van der Waals surface area (Å²) < 4.78 is 0. The summed E-state index contributed by atoms with van der Waals surface area (Å²) in [7, 11) is 0. The van der Waals surface area contributed by atoms with Crippen LogP contribution in [0.2, 0.25) is 0 Å². The molecule has 0 heterocycles. The van der Waals surface area contributed by atoms with Crippen LogP contribution in [0.3, 0.4) is 0 Å². The van der Waals surface area contributed by atoms with E-state index >= 15 is 0 Å². The standard InChI is InChI=1S/C28H46O2.C2H6/c1-19(18-29)7-5-8-20(2)24-9-6-10-25-23-12-11-21-17-22(30)13-15-27(21,3)26(23)14-16-28(24,25)4;1-2/h12,19-21,24-26,29H,5-11,13-18H2,1-4H3;1-2H3. The first-order valence-corrected chi connectivity index (χ1v) is 14.1. The van der Waals surface area contributed by atoms with Crippen molar-refractivity contribution < 1.29 is 9.90 Å². The molecule has 0 bridgehead atoms. The molecule has 4 aliphatic rings. The van der Waals surface area contributed by atoms with Crippen LogP contribution in [-0.4, -0.2) is 17.5 Å². The fourth-order valence-corrected chi connectivity index (χ4v) is 8.55. The molecule has 3 fully saturated rings. The fourth-order valence-electron chi connectivity index (χ4n) is 8.55. The van der Waals surface area contributed by atoms with Crippen molar-refractivity contribution in [2.24, 2.45) is 46.3 Å². The van der Waals surface area contributed by atoms with Gasteiger partial charge >= 0.3 is 0 Å². The van der Waals surface area contributed by atoms with Gasteiger partial charge in [-0.2, -0.15) is 0 Å². The highest BCUT2D eigenvalue weighted by molar-refractivity contribution is 5.79. The molecule has 0 spiro atoms. The van der Waals surface area contributed by atoms with Gasteiger partial charge in [0.1, 0.15) is 5.78 Å². The number of aliphatic hydroxyl groups is 1. The summed E-state index contributed by atoms with van der Waals surface area (Å²) in [4.78, 5) is 12.1. The molecular formula is C30H52O2. The topological polar surface area (TPSA) is 37.3 Å². The Labute approximate surface area is 199 Å². The minimum Gasteiger partial charge on any atom is -0.396 e. The maximum atomic E-state index is 12.1. The van der Waals surface area contributed by atoms with Gasteiger partial charge in [0, 0.05) is 19.4 Å². The molecule has 2 nitrogen and oxygen atoms in total. The molecule has 3 saturated carbocycles. The minimum atomic E-state index is 0.332. The second kappa shape index (κ2) is 10.7. The highest BCUT2D eigenvalue weighted by atomic mass is 16.3. The maximum Gasteiger partial charge on any atom is 0.133 e. The van der Waals surface area contributed by atoms with Crippen molar-refractivity contribution in [3.8, 4) is 0 Å². The first-order chi connectivity index (χ1) is 15.3. The van der Waals surface area contributed by atoms with Crippen LogP contribution in [0.15, 0.2) is 11.6 Å². The van der Waals surface area contributed by atoms with E-state index in [1.54, 1.807) is 0 Å². The summed E-state index contributed by atoms with van der Waals surface area (Å²) in [6.07, 6.45) is 17.3. The van der Waals surface area contributed by atoms with Crippen LogP contribution >= 0.6 is 0 Å². The van der Waals surface area contributed by atoms with Gasteiger partial charge in [-0.05, 0) is 91.3 Å². The van der Waals surface area contributed by atoms with E-state index in [0.717, 1.165) is 49.4 Å². The summed E-state index contributed by atoms with van der Waals surface area (Å²) >= 11 is 0. The Balaban J connectivity index is 0.00000141. The van der Waals surface area contributed by atoms with Crippen LogP contribution in [0.4, 0.5) is 0 Å². The average molecular weight is 445 g/mol. The molecule has 4 aliphatic carbocycles. The van der Waals surface area contributed by atoms with Crippen LogP contribution in [0.5, 0.6) is 0 Å². The molecule has 0 amide bonds. The molecule has 8 atom stereocenters. The Kier molecular flexibility index (Phi) is 8.73. The van der Waals surface area contributed by atoms with E-state index in [9.17, 15) is 9.90 Å². The lowest BCUT2D eigenvalue weighted by molar-refractivity contribution is -0.127.